The molecular formula is C45H33N3O. The zero-order valence-electron chi connectivity index (χ0n) is 27.1. The lowest BCUT2D eigenvalue weighted by Crippen LogP contribution is -2.28. The largest absolute Gasteiger partial charge is 0.456 e. The number of nitrogens with zero attached hydrogens (tertiary/aromatic N) is 3. The number of furan rings is 1. The third-order valence-electron chi connectivity index (χ3n) is 10.7. The van der Waals surface area contributed by atoms with Crippen molar-refractivity contribution in [2.24, 2.45) is 0 Å². The summed E-state index contributed by atoms with van der Waals surface area (Å²) in [7, 11) is 0. The van der Waals surface area contributed by atoms with Gasteiger partial charge in [0, 0.05) is 32.9 Å². The summed E-state index contributed by atoms with van der Waals surface area (Å²) >= 11 is 0. The first-order chi connectivity index (χ1) is 24.2. The lowest BCUT2D eigenvalue weighted by molar-refractivity contribution is 0.353. The summed E-state index contributed by atoms with van der Waals surface area (Å²) in [5, 5.41) is 2.15. The first-order valence-corrected chi connectivity index (χ1v) is 17.3. The van der Waals surface area contributed by atoms with E-state index >= 15 is 0 Å². The van der Waals surface area contributed by atoms with Crippen LogP contribution in [-0.4, -0.2) is 15.0 Å². The van der Waals surface area contributed by atoms with E-state index in [1.54, 1.807) is 0 Å². The van der Waals surface area contributed by atoms with Gasteiger partial charge in [-0.2, -0.15) is 0 Å². The molecule has 49 heavy (non-hydrogen) atoms. The summed E-state index contributed by atoms with van der Waals surface area (Å²) in [6.07, 6.45) is 6.26. The van der Waals surface area contributed by atoms with Gasteiger partial charge < -0.3 is 4.42 Å². The van der Waals surface area contributed by atoms with Crippen molar-refractivity contribution in [1.82, 2.24) is 15.0 Å². The van der Waals surface area contributed by atoms with Crippen molar-refractivity contribution in [2.45, 2.75) is 37.5 Å². The average Bonchev–Trinajstić information content (AvgIpc) is 3.68. The van der Waals surface area contributed by atoms with Crippen LogP contribution in [0.15, 0.2) is 144 Å². The van der Waals surface area contributed by atoms with Crippen LogP contribution >= 0.6 is 0 Å². The topological polar surface area (TPSA) is 51.8 Å². The maximum atomic E-state index is 6.42. The second-order valence-electron chi connectivity index (χ2n) is 13.5. The van der Waals surface area contributed by atoms with E-state index in [-0.39, 0.29) is 5.41 Å². The Hall–Kier alpha value is -5.87. The molecule has 4 nitrogen and oxygen atoms in total. The zero-order chi connectivity index (χ0) is 32.4. The lowest BCUT2D eigenvalue weighted by atomic mass is 9.66. The van der Waals surface area contributed by atoms with E-state index in [4.69, 9.17) is 19.4 Å². The van der Waals surface area contributed by atoms with E-state index in [9.17, 15) is 0 Å². The highest BCUT2D eigenvalue weighted by Crippen LogP contribution is 2.58. The number of hydrogen-bond donors (Lipinski definition) is 0. The van der Waals surface area contributed by atoms with Crippen LogP contribution < -0.4 is 0 Å². The monoisotopic (exact) mass is 631 g/mol. The lowest BCUT2D eigenvalue weighted by Gasteiger charge is -2.37. The normalized spacial score (nSPS) is 14.7. The molecule has 2 heterocycles. The number of fused-ring (bicyclic) bond motifs is 8. The summed E-state index contributed by atoms with van der Waals surface area (Å²) < 4.78 is 6.42. The van der Waals surface area contributed by atoms with E-state index in [0.717, 1.165) is 38.6 Å². The molecule has 10 rings (SSSR count). The summed E-state index contributed by atoms with van der Waals surface area (Å²) in [4.78, 5) is 14.9. The molecule has 0 N–H and O–H groups in total. The van der Waals surface area contributed by atoms with Gasteiger partial charge in [0.25, 0.3) is 0 Å². The molecule has 234 valence electrons. The van der Waals surface area contributed by atoms with Gasteiger partial charge in [0.05, 0.1) is 0 Å². The van der Waals surface area contributed by atoms with Crippen molar-refractivity contribution >= 4 is 21.9 Å². The Morgan fingerprint density at radius 1 is 0.429 bits per heavy atom. The van der Waals surface area contributed by atoms with Gasteiger partial charge in [0.1, 0.15) is 11.2 Å². The number of benzene rings is 6. The average molecular weight is 632 g/mol. The highest BCUT2D eigenvalue weighted by molar-refractivity contribution is 6.08. The molecule has 1 spiro atoms. The molecule has 0 atom stereocenters. The highest BCUT2D eigenvalue weighted by Gasteiger charge is 2.45. The van der Waals surface area contributed by atoms with Crippen LogP contribution in [0.4, 0.5) is 0 Å². The van der Waals surface area contributed by atoms with Crippen LogP contribution in [0, 0.1) is 0 Å². The minimum absolute atomic E-state index is 0.0764. The van der Waals surface area contributed by atoms with E-state index in [1.165, 1.54) is 65.5 Å². The summed E-state index contributed by atoms with van der Waals surface area (Å²) in [6.45, 7) is 0. The molecule has 1 saturated carbocycles. The van der Waals surface area contributed by atoms with Crippen LogP contribution in [0.2, 0.25) is 0 Å². The molecule has 0 bridgehead atoms. The van der Waals surface area contributed by atoms with Gasteiger partial charge >= 0.3 is 0 Å². The van der Waals surface area contributed by atoms with Gasteiger partial charge in [-0.1, -0.05) is 128 Å². The molecule has 2 aromatic heterocycles. The quantitative estimate of drug-likeness (QED) is 0.194. The van der Waals surface area contributed by atoms with Crippen LogP contribution in [0.25, 0.3) is 78.4 Å². The summed E-state index contributed by atoms with van der Waals surface area (Å²) in [5.74, 6) is 1.94. The molecule has 2 aliphatic carbocycles. The molecular weight excluding hydrogens is 599 g/mol. The fraction of sp³-hybridized carbons (Fsp3) is 0.133. The smallest absolute Gasteiger partial charge is 0.164 e. The second kappa shape index (κ2) is 11.1. The Kier molecular flexibility index (Phi) is 6.38. The highest BCUT2D eigenvalue weighted by atomic mass is 16.3. The Morgan fingerprint density at radius 3 is 1.63 bits per heavy atom. The van der Waals surface area contributed by atoms with E-state index in [1.807, 2.05) is 66.7 Å². The summed E-state index contributed by atoms with van der Waals surface area (Å²) in [5.41, 5.74) is 13.0. The molecule has 0 saturated heterocycles. The predicted octanol–water partition coefficient (Wildman–Crippen LogP) is 11.7. The molecule has 0 radical (unpaired) electrons. The third kappa shape index (κ3) is 4.48. The van der Waals surface area contributed by atoms with Crippen LogP contribution in [0.1, 0.15) is 43.2 Å². The van der Waals surface area contributed by atoms with Crippen molar-refractivity contribution < 1.29 is 4.42 Å². The fourth-order valence-corrected chi connectivity index (χ4v) is 8.50. The molecule has 0 amide bonds. The molecule has 1 fully saturated rings. The van der Waals surface area contributed by atoms with E-state index in [2.05, 4.69) is 72.8 Å². The standard InChI is InChI=1S/C45H33N3O/c1-4-13-29(14-5-1)42-46-43(30-15-6-2-7-16-30)48-44(47-42)32-22-24-40-37(28-32)36-27-31(21-23-39(36)49-40)33-18-12-19-35-34-17-8-9-20-38(34)45(41(33)35)25-10-3-11-26-45/h1-2,4-9,12-24,27-28H,3,10-11,25-26H2. The van der Waals surface area contributed by atoms with Gasteiger partial charge in [-0.25, -0.2) is 15.0 Å². The van der Waals surface area contributed by atoms with Gasteiger partial charge in [-0.15, -0.1) is 0 Å². The van der Waals surface area contributed by atoms with Gasteiger partial charge in [0.2, 0.25) is 0 Å². The maximum Gasteiger partial charge on any atom is 0.164 e. The first kappa shape index (κ1) is 28.2. The zero-order valence-corrected chi connectivity index (χ0v) is 27.1. The molecule has 2 aliphatic rings. The Balaban J connectivity index is 1.14. The molecule has 6 aromatic carbocycles. The summed E-state index contributed by atoms with van der Waals surface area (Å²) in [6, 6.07) is 49.2. The Bertz CT molecular complexity index is 2470. The number of hydrogen-bond acceptors (Lipinski definition) is 4. The van der Waals surface area contributed by atoms with Gasteiger partial charge in [-0.05, 0) is 76.6 Å². The SMILES string of the molecule is c1ccc(-c2nc(-c3ccccc3)nc(-c3ccc4oc5ccc(-c6cccc7c6C6(CCCCC6)c6ccccc6-7)cc5c4c3)n2)cc1. The fourth-order valence-electron chi connectivity index (χ4n) is 8.50. The van der Waals surface area contributed by atoms with E-state index in [0.29, 0.717) is 17.5 Å². The van der Waals surface area contributed by atoms with Crippen molar-refractivity contribution in [3.63, 3.8) is 0 Å². The Labute approximate surface area is 285 Å². The number of aromatic nitrogens is 3. The van der Waals surface area contributed by atoms with Crippen LogP contribution in [0.5, 0.6) is 0 Å². The van der Waals surface area contributed by atoms with Crippen molar-refractivity contribution in [3.8, 4) is 56.4 Å². The molecule has 8 aromatic rings. The van der Waals surface area contributed by atoms with Crippen molar-refractivity contribution in [1.29, 1.82) is 0 Å². The first-order valence-electron chi connectivity index (χ1n) is 17.3. The van der Waals surface area contributed by atoms with Crippen molar-refractivity contribution in [2.75, 3.05) is 0 Å². The van der Waals surface area contributed by atoms with Crippen LogP contribution in [0.3, 0.4) is 0 Å². The van der Waals surface area contributed by atoms with Crippen molar-refractivity contribution in [3.05, 3.63) is 151 Å². The Morgan fingerprint density at radius 2 is 0.959 bits per heavy atom. The van der Waals surface area contributed by atoms with Crippen LogP contribution in [-0.2, 0) is 5.41 Å². The third-order valence-corrected chi connectivity index (χ3v) is 10.7. The molecule has 0 unspecified atom stereocenters. The second-order valence-corrected chi connectivity index (χ2v) is 13.5. The minimum Gasteiger partial charge on any atom is -0.456 e. The molecule has 4 heteroatoms. The minimum atomic E-state index is 0.0764. The van der Waals surface area contributed by atoms with E-state index < -0.39 is 0 Å². The van der Waals surface area contributed by atoms with Gasteiger partial charge in [0.15, 0.2) is 17.5 Å². The predicted molar refractivity (Wildman–Crippen MR) is 198 cm³/mol. The maximum absolute atomic E-state index is 6.42. The van der Waals surface area contributed by atoms with Gasteiger partial charge in [-0.3, -0.25) is 0 Å². The number of rotatable bonds is 4. The molecule has 0 aliphatic heterocycles.